The number of aliphatic hydroxyl groups excluding tert-OH is 1. The molecule has 0 bridgehead atoms. The molecule has 0 radical (unpaired) electrons. The normalized spacial score (nSPS) is 11.8. The van der Waals surface area contributed by atoms with E-state index in [2.05, 4.69) is 12.2 Å². The first-order chi connectivity index (χ1) is 3.68. The maximum Gasteiger partial charge on any atom is 1.00 e. The molecule has 0 amide bonds. The minimum Gasteiger partial charge on any atom is -0.866 e. The Labute approximate surface area is 82.6 Å². The summed E-state index contributed by atoms with van der Waals surface area (Å²) >= 11 is 4.18. The minimum atomic E-state index is -0.907. The molecule has 0 aromatic heterocycles. The van der Waals surface area contributed by atoms with Crippen molar-refractivity contribution in [3.63, 3.8) is 0 Å². The molecule has 0 saturated carbocycles. The standard InChI is InChI=1S/C5H10O2S.Na/c1-2-3-4(6)5(7)8;/h4,6H,2-3H2,1H3,(H,7,8);/q;+1/p-1/t4-;/m0./s1. The van der Waals surface area contributed by atoms with E-state index in [1.54, 1.807) is 0 Å². The average molecular weight is 156 g/mol. The van der Waals surface area contributed by atoms with E-state index in [1.807, 2.05) is 6.92 Å². The zero-order chi connectivity index (χ0) is 6.57. The van der Waals surface area contributed by atoms with Crippen molar-refractivity contribution < 1.29 is 39.8 Å². The van der Waals surface area contributed by atoms with Crippen LogP contribution in [0.3, 0.4) is 0 Å². The minimum absolute atomic E-state index is 0. The van der Waals surface area contributed by atoms with Crippen LogP contribution in [0.2, 0.25) is 0 Å². The van der Waals surface area contributed by atoms with Crippen molar-refractivity contribution in [3.05, 3.63) is 0 Å². The molecule has 9 heavy (non-hydrogen) atoms. The Hall–Kier alpha value is 0.850. The molecular formula is C5H9NaO2S. The number of hydrogen-bond donors (Lipinski definition) is 1. The Morgan fingerprint density at radius 2 is 2.22 bits per heavy atom. The summed E-state index contributed by atoms with van der Waals surface area (Å²) in [6, 6.07) is 0. The molecule has 1 atom stereocenters. The van der Waals surface area contributed by atoms with Crippen LogP contribution >= 0.6 is 12.2 Å². The molecule has 0 aliphatic heterocycles. The van der Waals surface area contributed by atoms with E-state index in [0.29, 0.717) is 6.42 Å². The number of hydrogen-bond acceptors (Lipinski definition) is 3. The van der Waals surface area contributed by atoms with Gasteiger partial charge in [0.25, 0.3) is 0 Å². The molecule has 0 aliphatic rings. The van der Waals surface area contributed by atoms with Gasteiger partial charge in [-0.1, -0.05) is 25.6 Å². The van der Waals surface area contributed by atoms with Crippen LogP contribution in [0.15, 0.2) is 0 Å². The second-order valence-corrected chi connectivity index (χ2v) is 2.03. The first-order valence-corrected chi connectivity index (χ1v) is 2.98. The molecule has 0 saturated heterocycles. The topological polar surface area (TPSA) is 43.3 Å². The molecule has 48 valence electrons. The van der Waals surface area contributed by atoms with Gasteiger partial charge in [0.05, 0.1) is 6.10 Å². The molecule has 0 heterocycles. The van der Waals surface area contributed by atoms with E-state index in [9.17, 15) is 5.11 Å². The van der Waals surface area contributed by atoms with Crippen molar-refractivity contribution in [1.29, 1.82) is 0 Å². The Morgan fingerprint density at radius 1 is 1.78 bits per heavy atom. The number of thiocarbonyl (C=S) groups is 1. The summed E-state index contributed by atoms with van der Waals surface area (Å²) in [6.45, 7) is 1.89. The van der Waals surface area contributed by atoms with Crippen LogP contribution in [0.1, 0.15) is 19.8 Å². The Kier molecular flexibility index (Phi) is 9.69. The Balaban J connectivity index is 0. The van der Waals surface area contributed by atoms with Gasteiger partial charge < -0.3 is 10.2 Å². The third kappa shape index (κ3) is 6.74. The van der Waals surface area contributed by atoms with Gasteiger partial charge in [0, 0.05) is 0 Å². The molecule has 4 heteroatoms. The van der Waals surface area contributed by atoms with Crippen LogP contribution in [0, 0.1) is 0 Å². The molecule has 0 fully saturated rings. The van der Waals surface area contributed by atoms with E-state index in [1.165, 1.54) is 0 Å². The zero-order valence-electron chi connectivity index (χ0n) is 5.76. The summed E-state index contributed by atoms with van der Waals surface area (Å²) in [5, 5.41) is 18.2. The van der Waals surface area contributed by atoms with Crippen LogP contribution in [0.4, 0.5) is 0 Å². The summed E-state index contributed by atoms with van der Waals surface area (Å²) < 4.78 is 0. The van der Waals surface area contributed by atoms with Crippen LogP contribution in [-0.2, 0) is 0 Å². The van der Waals surface area contributed by atoms with Crippen LogP contribution in [0.5, 0.6) is 0 Å². The van der Waals surface area contributed by atoms with Gasteiger partial charge in [-0.25, -0.2) is 0 Å². The first-order valence-electron chi connectivity index (χ1n) is 2.57. The van der Waals surface area contributed by atoms with Crippen molar-refractivity contribution in [2.24, 2.45) is 0 Å². The molecule has 1 N–H and O–H groups in total. The molecule has 0 spiro atoms. The zero-order valence-corrected chi connectivity index (χ0v) is 8.57. The average Bonchev–Trinajstić information content (AvgIpc) is 1.67. The van der Waals surface area contributed by atoms with Crippen LogP contribution in [-0.4, -0.2) is 16.3 Å². The molecule has 0 rings (SSSR count). The number of aliphatic hydroxyl groups is 1. The van der Waals surface area contributed by atoms with Crippen molar-refractivity contribution in [2.75, 3.05) is 0 Å². The van der Waals surface area contributed by atoms with Gasteiger partial charge >= 0.3 is 29.6 Å². The number of rotatable bonds is 3. The molecular weight excluding hydrogens is 147 g/mol. The fourth-order valence-electron chi connectivity index (χ4n) is 0.391. The van der Waals surface area contributed by atoms with Gasteiger partial charge in [-0.05, 0) is 11.5 Å². The quantitative estimate of drug-likeness (QED) is 0.346. The largest absolute Gasteiger partial charge is 1.00 e. The monoisotopic (exact) mass is 156 g/mol. The summed E-state index contributed by atoms with van der Waals surface area (Å²) in [5.74, 6) is 0. The molecule has 0 aromatic carbocycles. The van der Waals surface area contributed by atoms with E-state index >= 15 is 0 Å². The van der Waals surface area contributed by atoms with Crippen LogP contribution in [0.25, 0.3) is 0 Å². The smallest absolute Gasteiger partial charge is 0.866 e. The fraction of sp³-hybridized carbons (Fsp3) is 0.800. The fourth-order valence-corrected chi connectivity index (χ4v) is 0.509. The van der Waals surface area contributed by atoms with Gasteiger partial charge in [0.2, 0.25) is 0 Å². The predicted molar refractivity (Wildman–Crippen MR) is 33.5 cm³/mol. The van der Waals surface area contributed by atoms with Gasteiger partial charge in [-0.3, -0.25) is 0 Å². The Morgan fingerprint density at radius 3 is 2.33 bits per heavy atom. The third-order valence-corrected chi connectivity index (χ3v) is 1.11. The first kappa shape index (κ1) is 12.5. The molecule has 0 aliphatic carbocycles. The van der Waals surface area contributed by atoms with Crippen LogP contribution < -0.4 is 34.7 Å². The summed E-state index contributed by atoms with van der Waals surface area (Å²) in [7, 11) is 0. The van der Waals surface area contributed by atoms with E-state index < -0.39 is 11.2 Å². The molecule has 0 unspecified atom stereocenters. The van der Waals surface area contributed by atoms with Gasteiger partial charge in [0.1, 0.15) is 0 Å². The van der Waals surface area contributed by atoms with E-state index in [-0.39, 0.29) is 29.6 Å². The maximum absolute atomic E-state index is 10.1. The van der Waals surface area contributed by atoms with Crippen molar-refractivity contribution in [2.45, 2.75) is 25.9 Å². The van der Waals surface area contributed by atoms with Gasteiger partial charge in [-0.15, -0.1) is 0 Å². The summed E-state index contributed by atoms with van der Waals surface area (Å²) in [6.07, 6.45) is 0.376. The molecule has 2 nitrogen and oxygen atoms in total. The van der Waals surface area contributed by atoms with Crippen molar-refractivity contribution in [1.82, 2.24) is 0 Å². The van der Waals surface area contributed by atoms with Gasteiger partial charge in [-0.2, -0.15) is 0 Å². The molecule has 0 aromatic rings. The summed E-state index contributed by atoms with van der Waals surface area (Å²) in [4.78, 5) is 0. The van der Waals surface area contributed by atoms with E-state index in [4.69, 9.17) is 5.11 Å². The maximum atomic E-state index is 10.1. The van der Waals surface area contributed by atoms with Crippen molar-refractivity contribution in [3.8, 4) is 0 Å². The second kappa shape index (κ2) is 6.96. The Bertz CT molecular complexity index is 87.0. The van der Waals surface area contributed by atoms with Crippen molar-refractivity contribution >= 4 is 17.3 Å². The SMILES string of the molecule is CCC[C@H](O)C([O-])=S.[Na+]. The predicted octanol–water partition coefficient (Wildman–Crippen LogP) is -3.16. The second-order valence-electron chi connectivity index (χ2n) is 1.62. The summed E-state index contributed by atoms with van der Waals surface area (Å²) in [5.41, 5.74) is 0. The van der Waals surface area contributed by atoms with E-state index in [0.717, 1.165) is 6.42 Å². The third-order valence-electron chi connectivity index (χ3n) is 0.834. The van der Waals surface area contributed by atoms with Gasteiger partial charge in [0.15, 0.2) is 0 Å².